The largest absolute Gasteiger partial charge is 0.490 e. The number of carbonyl (C=O) groups excluding carboxylic acids is 1. The number of hydrogen-bond donors (Lipinski definition) is 6. The van der Waals surface area contributed by atoms with Crippen molar-refractivity contribution < 1.29 is 14.1 Å². The van der Waals surface area contributed by atoms with Crippen LogP contribution in [0.2, 0.25) is 0 Å². The van der Waals surface area contributed by atoms with Crippen molar-refractivity contribution in [1.29, 1.82) is 0 Å². The Labute approximate surface area is 373 Å². The van der Waals surface area contributed by atoms with E-state index in [9.17, 15) is 4.79 Å². The minimum Gasteiger partial charge on any atom is -0.490 e. The Morgan fingerprint density at radius 2 is 1.59 bits per heavy atom. The van der Waals surface area contributed by atoms with Crippen LogP contribution < -0.4 is 38.3 Å². The van der Waals surface area contributed by atoms with Gasteiger partial charge in [-0.2, -0.15) is 0 Å². The monoisotopic (exact) mass is 861 g/mol. The van der Waals surface area contributed by atoms with E-state index in [2.05, 4.69) is 83.8 Å². The molecular weight excluding hydrogens is 793 g/mol. The molecule has 0 radical (unpaired) electrons. The number of likely N-dealkylation sites (tertiary alicyclic amines) is 3. The van der Waals surface area contributed by atoms with E-state index in [-0.39, 0.29) is 11.9 Å². The number of carbonyl (C=O) groups is 1. The Bertz CT molecular complexity index is 2120. The summed E-state index contributed by atoms with van der Waals surface area (Å²) in [6.45, 7) is 15.5. The van der Waals surface area contributed by atoms with Crippen molar-refractivity contribution in [3.63, 3.8) is 0 Å². The van der Waals surface area contributed by atoms with E-state index < -0.39 is 0 Å². The van der Waals surface area contributed by atoms with Crippen molar-refractivity contribution in [3.05, 3.63) is 95.7 Å². The predicted molar refractivity (Wildman–Crippen MR) is 252 cm³/mol. The summed E-state index contributed by atoms with van der Waals surface area (Å²) in [6, 6.07) is 22.1. The van der Waals surface area contributed by atoms with E-state index in [0.717, 1.165) is 96.4 Å². The minimum atomic E-state index is 0.197. The topological polar surface area (TPSA) is 192 Å². The Hall–Kier alpha value is -5.47. The molecule has 0 spiro atoms. The molecule has 1 amide bonds. The standard InChI is InChI=1S/C46H60N10O3.C2H8N2/c1-34(13-20-49-33-57)50-30-36-9-7-35(8-10-36)4-3-21-54-22-14-37(15-23-54)31-55-24-16-38(17-25-55)32-56-26-18-41(19-27-56)58-42-6-2-5-39(28-42)45-43-29-40(46(47)51-53-48)11-12-44(43)52-59-45;1-4(2)3/h2,5-12,28-29,33,37-38,41,50,53H,1,13-27,30-32,48H2,(H2,47,51)(H,49,57);3H2,1-2H3. The third-order valence-electron chi connectivity index (χ3n) is 12.0. The quantitative estimate of drug-likeness (QED) is 0.0170. The van der Waals surface area contributed by atoms with Gasteiger partial charge in [0, 0.05) is 82.2 Å². The van der Waals surface area contributed by atoms with Gasteiger partial charge in [0.25, 0.3) is 0 Å². The first kappa shape index (κ1) is 47.0. The molecule has 0 unspecified atom stereocenters. The van der Waals surface area contributed by atoms with Gasteiger partial charge in [-0.3, -0.25) is 20.5 Å². The fraction of sp³-hybridized carbons (Fsp3) is 0.479. The van der Waals surface area contributed by atoms with Crippen molar-refractivity contribution in [2.24, 2.45) is 34.4 Å². The lowest BCUT2D eigenvalue weighted by Gasteiger charge is -2.39. The molecule has 0 atom stereocenters. The maximum Gasteiger partial charge on any atom is 0.207 e. The smallest absolute Gasteiger partial charge is 0.207 e. The second kappa shape index (κ2) is 24.4. The lowest BCUT2D eigenvalue weighted by atomic mass is 9.92. The van der Waals surface area contributed by atoms with Crippen LogP contribution in [0.4, 0.5) is 0 Å². The lowest BCUT2D eigenvalue weighted by molar-refractivity contribution is -0.109. The molecule has 3 aliphatic heterocycles. The molecule has 3 aromatic carbocycles. The van der Waals surface area contributed by atoms with Crippen LogP contribution >= 0.6 is 0 Å². The summed E-state index contributed by atoms with van der Waals surface area (Å²) in [4.78, 5) is 18.3. The number of nitrogens with two attached hydrogens (primary N) is 3. The van der Waals surface area contributed by atoms with Gasteiger partial charge in [-0.25, -0.2) is 11.4 Å². The molecule has 0 aliphatic carbocycles. The Balaban J connectivity index is 0.00000158. The van der Waals surface area contributed by atoms with E-state index in [4.69, 9.17) is 26.7 Å². The molecule has 7 rings (SSSR count). The van der Waals surface area contributed by atoms with Gasteiger partial charge in [0.1, 0.15) is 17.4 Å². The first-order valence-electron chi connectivity index (χ1n) is 22.4. The normalized spacial score (nSPS) is 17.4. The number of rotatable bonds is 17. The Kier molecular flexibility index (Phi) is 18.2. The highest BCUT2D eigenvalue weighted by atomic mass is 16.5. The van der Waals surface area contributed by atoms with Gasteiger partial charge in [0.05, 0.1) is 11.9 Å². The number of ether oxygens (including phenoxy) is 1. The second-order valence-corrected chi connectivity index (χ2v) is 17.2. The van der Waals surface area contributed by atoms with E-state index in [1.165, 1.54) is 62.4 Å². The molecule has 1 aromatic heterocycles. The number of fused-ring (bicyclic) bond motifs is 1. The molecule has 338 valence electrons. The van der Waals surface area contributed by atoms with Crippen LogP contribution in [0.25, 0.3) is 22.2 Å². The van der Waals surface area contributed by atoms with Crippen molar-refractivity contribution in [2.45, 2.75) is 57.6 Å². The van der Waals surface area contributed by atoms with Crippen LogP contribution in [-0.4, -0.2) is 123 Å². The highest BCUT2D eigenvalue weighted by Crippen LogP contribution is 2.32. The van der Waals surface area contributed by atoms with Crippen LogP contribution in [0.5, 0.6) is 5.75 Å². The lowest BCUT2D eigenvalue weighted by Crippen LogP contribution is -2.45. The van der Waals surface area contributed by atoms with Crippen LogP contribution in [0, 0.1) is 23.7 Å². The summed E-state index contributed by atoms with van der Waals surface area (Å²) < 4.78 is 12.3. The van der Waals surface area contributed by atoms with Crippen molar-refractivity contribution in [1.82, 2.24) is 41.0 Å². The van der Waals surface area contributed by atoms with E-state index in [1.807, 2.05) is 42.5 Å². The molecule has 3 fully saturated rings. The third kappa shape index (κ3) is 15.1. The van der Waals surface area contributed by atoms with E-state index >= 15 is 0 Å². The van der Waals surface area contributed by atoms with Gasteiger partial charge < -0.3 is 35.4 Å². The Morgan fingerprint density at radius 1 is 0.937 bits per heavy atom. The molecule has 63 heavy (non-hydrogen) atoms. The van der Waals surface area contributed by atoms with Crippen LogP contribution in [0.1, 0.15) is 61.6 Å². The molecule has 15 nitrogen and oxygen atoms in total. The number of aromatic nitrogens is 1. The first-order chi connectivity index (χ1) is 30.6. The summed E-state index contributed by atoms with van der Waals surface area (Å²) in [6.07, 6.45) is 8.81. The fourth-order valence-corrected chi connectivity index (χ4v) is 8.52. The summed E-state index contributed by atoms with van der Waals surface area (Å²) in [5.41, 5.74) is 13.8. The van der Waals surface area contributed by atoms with Gasteiger partial charge in [-0.1, -0.05) is 47.8 Å². The zero-order valence-corrected chi connectivity index (χ0v) is 37.2. The number of amides is 1. The summed E-state index contributed by atoms with van der Waals surface area (Å²) in [5, 5.41) is 16.5. The maximum absolute atomic E-state index is 10.4. The van der Waals surface area contributed by atoms with E-state index in [0.29, 0.717) is 31.7 Å². The maximum atomic E-state index is 10.4. The van der Waals surface area contributed by atoms with Gasteiger partial charge in [0.2, 0.25) is 6.41 Å². The van der Waals surface area contributed by atoms with Crippen molar-refractivity contribution in [3.8, 4) is 28.9 Å². The fourth-order valence-electron chi connectivity index (χ4n) is 8.52. The van der Waals surface area contributed by atoms with Gasteiger partial charge >= 0.3 is 0 Å². The second-order valence-electron chi connectivity index (χ2n) is 17.2. The molecule has 4 aromatic rings. The highest BCUT2D eigenvalue weighted by Gasteiger charge is 2.28. The molecule has 3 saturated heterocycles. The zero-order valence-electron chi connectivity index (χ0n) is 37.2. The predicted octanol–water partition coefficient (Wildman–Crippen LogP) is 4.06. The third-order valence-corrected chi connectivity index (χ3v) is 12.0. The number of benzene rings is 3. The number of nitrogens with zero attached hydrogens (tertiary/aromatic N) is 6. The molecule has 0 bridgehead atoms. The summed E-state index contributed by atoms with van der Waals surface area (Å²) in [7, 11) is 3.56. The molecule has 4 heterocycles. The van der Waals surface area contributed by atoms with E-state index in [1.54, 1.807) is 14.1 Å². The Morgan fingerprint density at radius 3 is 2.24 bits per heavy atom. The number of piperidine rings is 3. The molecule has 15 heteroatoms. The molecular formula is C48H68N12O3. The van der Waals surface area contributed by atoms with Crippen LogP contribution in [-0.2, 0) is 11.3 Å². The zero-order chi connectivity index (χ0) is 44.4. The van der Waals surface area contributed by atoms with Crippen LogP contribution in [0.15, 0.2) is 88.6 Å². The SMILES string of the molecule is C=C(CCNC=O)NCc1ccc(C#CCN2CCC(CN3CCC(CN4CCC(Oc5cccc(-c6onc7ccc(/C(N)=N/NN)cc67)c5)CC4)CC3)CC2)cc1.CN(C)N. The van der Waals surface area contributed by atoms with Crippen molar-refractivity contribution in [2.75, 3.05) is 79.5 Å². The average molecular weight is 861 g/mol. The molecule has 3 aliphatic rings. The number of hydrazone groups is 1. The number of hydrogen-bond acceptors (Lipinski definition) is 13. The van der Waals surface area contributed by atoms with Crippen LogP contribution in [0.3, 0.4) is 0 Å². The first-order valence-corrected chi connectivity index (χ1v) is 22.4. The van der Waals surface area contributed by atoms with Gasteiger partial charge in [0.15, 0.2) is 11.6 Å². The minimum absolute atomic E-state index is 0.197. The van der Waals surface area contributed by atoms with Gasteiger partial charge in [-0.15, -0.1) is 5.10 Å². The molecule has 9 N–H and O–H groups in total. The highest BCUT2D eigenvalue weighted by molar-refractivity contribution is 6.02. The summed E-state index contributed by atoms with van der Waals surface area (Å²) in [5.74, 6) is 20.4. The summed E-state index contributed by atoms with van der Waals surface area (Å²) >= 11 is 0. The van der Waals surface area contributed by atoms with Crippen molar-refractivity contribution >= 4 is 23.1 Å². The number of amidine groups is 1. The number of nitrogens with one attached hydrogen (secondary N) is 3. The van der Waals surface area contributed by atoms with Gasteiger partial charge in [-0.05, 0) is 125 Å². The average Bonchev–Trinajstić information content (AvgIpc) is 3.72. The molecule has 0 saturated carbocycles. The number of hydrazine groups is 2.